The highest BCUT2D eigenvalue weighted by Gasteiger charge is 2.18. The molecule has 134 valence electrons. The third-order valence-corrected chi connectivity index (χ3v) is 4.63. The van der Waals surface area contributed by atoms with Crippen LogP contribution in [0.1, 0.15) is 48.7 Å². The van der Waals surface area contributed by atoms with Gasteiger partial charge in [-0.3, -0.25) is 9.48 Å². The molecule has 3 rings (SSSR count). The average Bonchev–Trinajstić information content (AvgIpc) is 2.82. The summed E-state index contributed by atoms with van der Waals surface area (Å²) >= 11 is 0. The molecule has 7 heteroatoms. The molecular weight excluding hydrogens is 316 g/mol. The molecular formula is C18H26N6O. The second kappa shape index (κ2) is 7.21. The Kier molecular flexibility index (Phi) is 5.01. The van der Waals surface area contributed by atoms with E-state index in [2.05, 4.69) is 28.3 Å². The Morgan fingerprint density at radius 3 is 2.80 bits per heavy atom. The van der Waals surface area contributed by atoms with Gasteiger partial charge in [-0.15, -0.1) is 0 Å². The Labute approximate surface area is 148 Å². The minimum absolute atomic E-state index is 0.119. The maximum atomic E-state index is 11.7. The number of nitrogens with one attached hydrogen (secondary N) is 1. The molecule has 1 amide bonds. The van der Waals surface area contributed by atoms with Gasteiger partial charge in [-0.1, -0.05) is 6.92 Å². The quantitative estimate of drug-likeness (QED) is 0.922. The lowest BCUT2D eigenvalue weighted by Crippen LogP contribution is -2.28. The number of aryl methyl sites for hydroxylation is 3. The minimum atomic E-state index is 0.119. The number of hydrogen-bond donors (Lipinski definition) is 1. The molecule has 25 heavy (non-hydrogen) atoms. The van der Waals surface area contributed by atoms with E-state index in [-0.39, 0.29) is 5.91 Å². The van der Waals surface area contributed by atoms with Gasteiger partial charge in [0.05, 0.1) is 24.5 Å². The summed E-state index contributed by atoms with van der Waals surface area (Å²) in [7, 11) is 0. The zero-order chi connectivity index (χ0) is 18.0. The molecule has 1 N–H and O–H groups in total. The number of hydrogen-bond acceptors (Lipinski definition) is 5. The van der Waals surface area contributed by atoms with E-state index in [9.17, 15) is 4.79 Å². The van der Waals surface area contributed by atoms with E-state index < -0.39 is 0 Å². The lowest BCUT2D eigenvalue weighted by atomic mass is 10.1. The first-order valence-corrected chi connectivity index (χ1v) is 8.87. The van der Waals surface area contributed by atoms with Gasteiger partial charge in [-0.2, -0.15) is 5.10 Å². The Balaban J connectivity index is 1.75. The topological polar surface area (TPSA) is 75.9 Å². The van der Waals surface area contributed by atoms with E-state index >= 15 is 0 Å². The monoisotopic (exact) mass is 342 g/mol. The zero-order valence-corrected chi connectivity index (χ0v) is 15.5. The van der Waals surface area contributed by atoms with Gasteiger partial charge < -0.3 is 10.2 Å². The largest absolute Gasteiger partial charge is 0.364 e. The van der Waals surface area contributed by atoms with E-state index in [0.29, 0.717) is 13.1 Å². The van der Waals surface area contributed by atoms with E-state index in [0.717, 1.165) is 60.2 Å². The van der Waals surface area contributed by atoms with Crippen LogP contribution in [0.25, 0.3) is 0 Å². The van der Waals surface area contributed by atoms with E-state index in [4.69, 9.17) is 5.10 Å². The fourth-order valence-corrected chi connectivity index (χ4v) is 3.36. The van der Waals surface area contributed by atoms with Gasteiger partial charge in [-0.25, -0.2) is 9.97 Å². The van der Waals surface area contributed by atoms with Crippen molar-refractivity contribution in [1.82, 2.24) is 24.6 Å². The number of rotatable bonds is 4. The summed E-state index contributed by atoms with van der Waals surface area (Å²) in [6.45, 7) is 10.6. The van der Waals surface area contributed by atoms with Gasteiger partial charge in [0, 0.05) is 31.3 Å². The first-order chi connectivity index (χ1) is 12.0. The maximum absolute atomic E-state index is 11.7. The summed E-state index contributed by atoms with van der Waals surface area (Å²) in [4.78, 5) is 22.5. The fourth-order valence-electron chi connectivity index (χ4n) is 3.36. The highest BCUT2D eigenvalue weighted by Crippen LogP contribution is 2.19. The Morgan fingerprint density at radius 2 is 2.08 bits per heavy atom. The lowest BCUT2D eigenvalue weighted by Gasteiger charge is -2.17. The molecule has 0 spiro atoms. The van der Waals surface area contributed by atoms with Crippen molar-refractivity contribution in [3.8, 4) is 0 Å². The molecule has 0 saturated heterocycles. The number of amides is 1. The molecule has 7 nitrogen and oxygen atoms in total. The normalized spacial score (nSPS) is 14.2. The van der Waals surface area contributed by atoms with E-state index in [1.807, 2.05) is 23.4 Å². The van der Waals surface area contributed by atoms with Crippen LogP contribution in [-0.2, 0) is 30.8 Å². The van der Waals surface area contributed by atoms with Crippen LogP contribution in [0, 0.1) is 13.8 Å². The summed E-state index contributed by atoms with van der Waals surface area (Å²) in [5, 5.41) is 8.11. The van der Waals surface area contributed by atoms with Gasteiger partial charge in [0.15, 0.2) is 0 Å². The van der Waals surface area contributed by atoms with Crippen molar-refractivity contribution in [3.05, 3.63) is 34.5 Å². The summed E-state index contributed by atoms with van der Waals surface area (Å²) in [5.74, 6) is 1.78. The molecule has 0 atom stereocenters. The summed E-state index contributed by atoms with van der Waals surface area (Å²) in [5.41, 5.74) is 4.23. The second-order valence-corrected chi connectivity index (χ2v) is 6.53. The van der Waals surface area contributed by atoms with Gasteiger partial charge >= 0.3 is 0 Å². The van der Waals surface area contributed by atoms with Crippen LogP contribution in [0.4, 0.5) is 5.82 Å². The molecule has 1 aliphatic heterocycles. The number of anilines is 1. The van der Waals surface area contributed by atoms with Crippen molar-refractivity contribution in [1.29, 1.82) is 0 Å². The van der Waals surface area contributed by atoms with Crippen molar-refractivity contribution in [3.63, 3.8) is 0 Å². The predicted octanol–water partition coefficient (Wildman–Crippen LogP) is 2.22. The van der Waals surface area contributed by atoms with Crippen LogP contribution in [0.2, 0.25) is 0 Å². The second-order valence-electron chi connectivity index (χ2n) is 6.53. The molecule has 0 saturated carbocycles. The average molecular weight is 342 g/mol. The van der Waals surface area contributed by atoms with Crippen molar-refractivity contribution in [2.45, 2.75) is 60.2 Å². The maximum Gasteiger partial charge on any atom is 0.219 e. The molecule has 0 unspecified atom stereocenters. The van der Waals surface area contributed by atoms with Gasteiger partial charge in [0.1, 0.15) is 11.6 Å². The Morgan fingerprint density at radius 1 is 1.28 bits per heavy atom. The molecule has 1 aliphatic rings. The van der Waals surface area contributed by atoms with Gasteiger partial charge in [-0.05, 0) is 32.8 Å². The number of nitrogens with zero attached hydrogens (tertiary/aromatic N) is 5. The third kappa shape index (κ3) is 3.81. The van der Waals surface area contributed by atoms with Crippen LogP contribution in [0.15, 0.2) is 6.07 Å². The minimum Gasteiger partial charge on any atom is -0.364 e. The molecule has 0 radical (unpaired) electrons. The highest BCUT2D eigenvalue weighted by molar-refractivity contribution is 5.73. The molecule has 0 bridgehead atoms. The van der Waals surface area contributed by atoms with Crippen LogP contribution >= 0.6 is 0 Å². The molecule has 3 heterocycles. The van der Waals surface area contributed by atoms with Gasteiger partial charge in [0.2, 0.25) is 5.91 Å². The van der Waals surface area contributed by atoms with E-state index in [1.54, 1.807) is 6.92 Å². The SMILES string of the molecule is CCc1c(C)nc(C)nc1NCc1cc2n(n1)CCCN(C(C)=O)C2. The van der Waals surface area contributed by atoms with Crippen LogP contribution in [0.3, 0.4) is 0 Å². The number of fused-ring (bicyclic) bond motifs is 1. The van der Waals surface area contributed by atoms with Crippen molar-refractivity contribution < 1.29 is 4.79 Å². The molecule has 0 aromatic carbocycles. The Bertz CT molecular complexity index is 782. The number of aromatic nitrogens is 4. The molecule has 2 aromatic rings. The summed E-state index contributed by atoms with van der Waals surface area (Å²) in [6.07, 6.45) is 1.83. The lowest BCUT2D eigenvalue weighted by molar-refractivity contribution is -0.129. The predicted molar refractivity (Wildman–Crippen MR) is 96.1 cm³/mol. The fraction of sp³-hybridized carbons (Fsp3) is 0.556. The van der Waals surface area contributed by atoms with Crippen molar-refractivity contribution in [2.24, 2.45) is 0 Å². The molecule has 0 fully saturated rings. The number of carbonyl (C=O) groups is 1. The third-order valence-electron chi connectivity index (χ3n) is 4.63. The Hall–Kier alpha value is -2.44. The van der Waals surface area contributed by atoms with Crippen LogP contribution in [-0.4, -0.2) is 37.1 Å². The molecule has 2 aromatic heterocycles. The van der Waals surface area contributed by atoms with E-state index in [1.165, 1.54) is 0 Å². The van der Waals surface area contributed by atoms with Gasteiger partial charge in [0.25, 0.3) is 0 Å². The summed E-state index contributed by atoms with van der Waals surface area (Å²) < 4.78 is 2.02. The van der Waals surface area contributed by atoms with Crippen LogP contribution < -0.4 is 5.32 Å². The summed E-state index contributed by atoms with van der Waals surface area (Å²) in [6, 6.07) is 2.08. The standard InChI is InChI=1S/C18H26N6O/c1-5-17-12(2)20-13(3)21-18(17)19-10-15-9-16-11-23(14(4)25)7-6-8-24(16)22-15/h9H,5-8,10-11H2,1-4H3,(H,19,20,21). The smallest absolute Gasteiger partial charge is 0.219 e. The van der Waals surface area contributed by atoms with Crippen LogP contribution in [0.5, 0.6) is 0 Å². The zero-order valence-electron chi connectivity index (χ0n) is 15.5. The first kappa shape index (κ1) is 17.4. The number of carbonyl (C=O) groups excluding carboxylic acids is 1. The molecule has 0 aliphatic carbocycles. The van der Waals surface area contributed by atoms with Crippen molar-refractivity contribution in [2.75, 3.05) is 11.9 Å². The highest BCUT2D eigenvalue weighted by atomic mass is 16.2. The van der Waals surface area contributed by atoms with Crippen molar-refractivity contribution >= 4 is 11.7 Å². The first-order valence-electron chi connectivity index (χ1n) is 8.87.